The molecule has 0 N–H and O–H groups in total. The Morgan fingerprint density at radius 1 is 1.57 bits per heavy atom. The lowest BCUT2D eigenvalue weighted by Gasteiger charge is -2.29. The Kier molecular flexibility index (Phi) is 1.96. The zero-order chi connectivity index (χ0) is 10.4. The van der Waals surface area contributed by atoms with Crippen LogP contribution in [0.2, 0.25) is 0 Å². The van der Waals surface area contributed by atoms with Gasteiger partial charge in [-0.1, -0.05) is 13.0 Å². The number of ether oxygens (including phenoxy) is 2. The van der Waals surface area contributed by atoms with Gasteiger partial charge in [0, 0.05) is 12.3 Å². The summed E-state index contributed by atoms with van der Waals surface area (Å²) in [6.45, 7) is 7.73. The maximum Gasteiger partial charge on any atom is 0.308 e. The van der Waals surface area contributed by atoms with E-state index in [4.69, 9.17) is 9.47 Å². The first-order chi connectivity index (χ1) is 6.50. The summed E-state index contributed by atoms with van der Waals surface area (Å²) in [5.74, 6) is -0.664. The van der Waals surface area contributed by atoms with Gasteiger partial charge in [-0.2, -0.15) is 0 Å². The highest BCUT2D eigenvalue weighted by atomic mass is 16.7. The van der Waals surface area contributed by atoms with Crippen LogP contribution in [0, 0.1) is 5.92 Å². The van der Waals surface area contributed by atoms with Crippen molar-refractivity contribution in [3.8, 4) is 0 Å². The van der Waals surface area contributed by atoms with Crippen LogP contribution in [0.3, 0.4) is 0 Å². The van der Waals surface area contributed by atoms with Gasteiger partial charge in [0.25, 0.3) is 0 Å². The molecule has 0 aromatic carbocycles. The van der Waals surface area contributed by atoms with Crippen molar-refractivity contribution < 1.29 is 14.3 Å². The molecule has 78 valence electrons. The van der Waals surface area contributed by atoms with Gasteiger partial charge in [-0.25, -0.2) is 0 Å². The molecule has 1 unspecified atom stereocenters. The maximum absolute atomic E-state index is 11.2. The smallest absolute Gasteiger partial charge is 0.308 e. The third-order valence-corrected chi connectivity index (χ3v) is 3.32. The van der Waals surface area contributed by atoms with Crippen molar-refractivity contribution >= 4 is 5.97 Å². The predicted octanol–water partition coefficient (Wildman–Crippen LogP) is 2.02. The first kappa shape index (κ1) is 9.71. The van der Waals surface area contributed by atoms with Crippen LogP contribution in [0.15, 0.2) is 12.7 Å². The van der Waals surface area contributed by atoms with Crippen molar-refractivity contribution in [1.82, 2.24) is 0 Å². The topological polar surface area (TPSA) is 35.5 Å². The van der Waals surface area contributed by atoms with E-state index in [2.05, 4.69) is 6.58 Å². The predicted molar refractivity (Wildman–Crippen MR) is 51.5 cm³/mol. The molecule has 2 aliphatic rings. The lowest BCUT2D eigenvalue weighted by Crippen LogP contribution is -2.36. The fourth-order valence-electron chi connectivity index (χ4n) is 2.22. The fourth-order valence-corrected chi connectivity index (χ4v) is 2.22. The molecular formula is C11H16O3. The van der Waals surface area contributed by atoms with Gasteiger partial charge in [0.05, 0.1) is 12.0 Å². The quantitative estimate of drug-likeness (QED) is 0.475. The summed E-state index contributed by atoms with van der Waals surface area (Å²) in [5, 5.41) is 0. The maximum atomic E-state index is 11.2. The molecule has 2 rings (SSSR count). The fraction of sp³-hybridized carbons (Fsp3) is 0.727. The Balaban J connectivity index is 2.21. The van der Waals surface area contributed by atoms with E-state index < -0.39 is 5.79 Å². The summed E-state index contributed by atoms with van der Waals surface area (Å²) < 4.78 is 11.2. The highest BCUT2D eigenvalue weighted by molar-refractivity contribution is 5.72. The number of rotatable bonds is 1. The normalized spacial score (nSPS) is 47.0. The van der Waals surface area contributed by atoms with Crippen molar-refractivity contribution in [2.24, 2.45) is 5.92 Å². The molecule has 0 radical (unpaired) electrons. The number of hydrogen-bond acceptors (Lipinski definition) is 3. The van der Waals surface area contributed by atoms with E-state index in [-0.39, 0.29) is 17.5 Å². The molecule has 0 saturated carbocycles. The van der Waals surface area contributed by atoms with Crippen molar-refractivity contribution in [3.63, 3.8) is 0 Å². The second-order valence-corrected chi connectivity index (χ2v) is 4.51. The van der Waals surface area contributed by atoms with Crippen LogP contribution in [-0.2, 0) is 14.3 Å². The minimum Gasteiger partial charge on any atom is -0.433 e. The van der Waals surface area contributed by atoms with Gasteiger partial charge in [0.2, 0.25) is 5.79 Å². The number of carbonyl (C=O) groups is 1. The molecule has 3 atom stereocenters. The molecule has 3 heteroatoms. The van der Waals surface area contributed by atoms with Crippen molar-refractivity contribution in [3.05, 3.63) is 12.7 Å². The van der Waals surface area contributed by atoms with Crippen molar-refractivity contribution in [2.45, 2.75) is 44.5 Å². The summed E-state index contributed by atoms with van der Waals surface area (Å²) in [6, 6.07) is 0. The monoisotopic (exact) mass is 196 g/mol. The minimum absolute atomic E-state index is 0.147. The summed E-state index contributed by atoms with van der Waals surface area (Å²) in [5.41, 5.74) is -0.334. The van der Waals surface area contributed by atoms with Crippen LogP contribution in [0.1, 0.15) is 33.1 Å². The number of hydrogen-bond donors (Lipinski definition) is 0. The Bertz CT molecular complexity index is 286. The molecule has 0 bridgehead atoms. The van der Waals surface area contributed by atoms with Gasteiger partial charge in [0.15, 0.2) is 0 Å². The van der Waals surface area contributed by atoms with E-state index in [0.29, 0.717) is 6.42 Å². The number of carbonyl (C=O) groups excluding carboxylic acids is 1. The average Bonchev–Trinajstić information content (AvgIpc) is 2.58. The summed E-state index contributed by atoms with van der Waals surface area (Å²) >= 11 is 0. The van der Waals surface area contributed by atoms with Gasteiger partial charge >= 0.3 is 5.97 Å². The summed E-state index contributed by atoms with van der Waals surface area (Å²) in [6.07, 6.45) is 3.91. The van der Waals surface area contributed by atoms with Crippen molar-refractivity contribution in [2.75, 3.05) is 0 Å². The zero-order valence-corrected chi connectivity index (χ0v) is 8.71. The third kappa shape index (κ3) is 1.27. The Morgan fingerprint density at radius 3 is 2.71 bits per heavy atom. The minimum atomic E-state index is -0.667. The first-order valence-corrected chi connectivity index (χ1v) is 5.05. The SMILES string of the molecule is C=C[C@@]1(C)CC[C@@]2(OC(=O)CC2C)O1. The first-order valence-electron chi connectivity index (χ1n) is 5.05. The highest BCUT2D eigenvalue weighted by Crippen LogP contribution is 2.47. The van der Waals surface area contributed by atoms with Crippen LogP contribution in [0.5, 0.6) is 0 Å². The Labute approximate surface area is 84.1 Å². The van der Waals surface area contributed by atoms with Crippen LogP contribution >= 0.6 is 0 Å². The standard InChI is InChI=1S/C11H16O3/c1-4-10(3)5-6-11(14-10)8(2)7-9(12)13-11/h4,8H,1,5-7H2,2-3H3/t8?,10-,11+/m0/s1. The molecule has 2 fully saturated rings. The molecule has 2 aliphatic heterocycles. The molecule has 0 aromatic rings. The lowest BCUT2D eigenvalue weighted by atomic mass is 9.96. The van der Waals surface area contributed by atoms with E-state index in [0.717, 1.165) is 12.8 Å². The lowest BCUT2D eigenvalue weighted by molar-refractivity contribution is -0.228. The van der Waals surface area contributed by atoms with Crippen molar-refractivity contribution in [1.29, 1.82) is 0 Å². The summed E-state index contributed by atoms with van der Waals surface area (Å²) in [7, 11) is 0. The number of esters is 1. The summed E-state index contributed by atoms with van der Waals surface area (Å²) in [4.78, 5) is 11.2. The molecule has 0 aliphatic carbocycles. The van der Waals surface area contributed by atoms with Gasteiger partial charge in [-0.15, -0.1) is 6.58 Å². The highest BCUT2D eigenvalue weighted by Gasteiger charge is 2.55. The Morgan fingerprint density at radius 2 is 2.29 bits per heavy atom. The molecule has 2 saturated heterocycles. The van der Waals surface area contributed by atoms with E-state index in [1.165, 1.54) is 0 Å². The van der Waals surface area contributed by atoms with E-state index in [9.17, 15) is 4.79 Å². The van der Waals surface area contributed by atoms with E-state index >= 15 is 0 Å². The van der Waals surface area contributed by atoms with E-state index in [1.54, 1.807) is 6.08 Å². The molecule has 0 amide bonds. The Hall–Kier alpha value is -0.830. The molecule has 3 nitrogen and oxygen atoms in total. The largest absolute Gasteiger partial charge is 0.433 e. The molecular weight excluding hydrogens is 180 g/mol. The second kappa shape index (κ2) is 2.83. The van der Waals surface area contributed by atoms with Gasteiger partial charge in [0.1, 0.15) is 0 Å². The average molecular weight is 196 g/mol. The molecule has 2 heterocycles. The van der Waals surface area contributed by atoms with Crippen LogP contribution in [-0.4, -0.2) is 17.4 Å². The van der Waals surface area contributed by atoms with Crippen LogP contribution < -0.4 is 0 Å². The van der Waals surface area contributed by atoms with Gasteiger partial charge in [-0.05, 0) is 13.3 Å². The van der Waals surface area contributed by atoms with Crippen LogP contribution in [0.4, 0.5) is 0 Å². The third-order valence-electron chi connectivity index (χ3n) is 3.32. The van der Waals surface area contributed by atoms with E-state index in [1.807, 2.05) is 13.8 Å². The zero-order valence-electron chi connectivity index (χ0n) is 8.71. The van der Waals surface area contributed by atoms with Gasteiger partial charge in [-0.3, -0.25) is 4.79 Å². The second-order valence-electron chi connectivity index (χ2n) is 4.51. The molecule has 1 spiro atoms. The van der Waals surface area contributed by atoms with Crippen LogP contribution in [0.25, 0.3) is 0 Å². The van der Waals surface area contributed by atoms with Gasteiger partial charge < -0.3 is 9.47 Å². The molecule has 0 aromatic heterocycles. The molecule has 14 heavy (non-hydrogen) atoms.